The number of anilines is 2. The summed E-state index contributed by atoms with van der Waals surface area (Å²) in [5.74, 6) is 0. The lowest BCUT2D eigenvalue weighted by Gasteiger charge is -2.39. The zero-order valence-electron chi connectivity index (χ0n) is 42.2. The molecule has 11 rings (SSSR count). The number of hydrogen-bond donors (Lipinski definition) is 0. The number of benzene rings is 8. The highest BCUT2D eigenvalue weighted by Gasteiger charge is 2.37. The van der Waals surface area contributed by atoms with Crippen molar-refractivity contribution in [2.75, 3.05) is 4.81 Å². The molecule has 1 aliphatic heterocycles. The number of hydrogen-bond acceptors (Lipinski definition) is 1. The SMILES string of the molecule is Bc1c(B)c(B)c2c(c1B)c1c(B)c(-n3c4c(B)c(B)c(B)c(B)c4c4c(B)c(B)c(B)c(B)c43)c(B)c(B)c1n2-c1cccc(N2B(c3ccccc3)c3ccccc3-c3ccccc32)c1. The lowest BCUT2D eigenvalue weighted by molar-refractivity contribution is 1.18. The van der Waals surface area contributed by atoms with Gasteiger partial charge in [0.2, 0.25) is 0 Å². The number of aromatic nitrogens is 2. The van der Waals surface area contributed by atoms with E-state index < -0.39 is 0 Å². The topological polar surface area (TPSA) is 13.1 Å². The van der Waals surface area contributed by atoms with E-state index in [4.69, 9.17) is 0 Å². The predicted molar refractivity (Wildman–Crippen MR) is 343 cm³/mol. The normalized spacial score (nSPS) is 12.4. The largest absolute Gasteiger partial charge is 0.376 e. The molecule has 0 bridgehead atoms. The zero-order chi connectivity index (χ0) is 47.2. The summed E-state index contributed by atoms with van der Waals surface area (Å²) in [7, 11) is 35.3. The summed E-state index contributed by atoms with van der Waals surface area (Å²) in [6, 6.07) is 38.4. The first-order valence-corrected chi connectivity index (χ1v) is 24.3. The second kappa shape index (κ2) is 15.6. The summed E-state index contributed by atoms with van der Waals surface area (Å²) in [6.45, 7) is -0.00592. The van der Waals surface area contributed by atoms with Crippen molar-refractivity contribution in [2.24, 2.45) is 0 Å². The molecular weight excluding hydrogens is 792 g/mol. The van der Waals surface area contributed by atoms with Crippen molar-refractivity contribution >= 4 is 272 Å². The summed E-state index contributed by atoms with van der Waals surface area (Å²) >= 11 is 0. The molecule has 8 aromatic carbocycles. The van der Waals surface area contributed by atoms with Gasteiger partial charge in [-0.25, -0.2) is 0 Å². The van der Waals surface area contributed by atoms with Gasteiger partial charge in [0.25, 0.3) is 0 Å². The first-order valence-electron chi connectivity index (χ1n) is 24.3. The van der Waals surface area contributed by atoms with E-state index in [9.17, 15) is 0 Å². The molecule has 0 spiro atoms. The van der Waals surface area contributed by atoms with Gasteiger partial charge in [-0.15, -0.1) is 16.4 Å². The van der Waals surface area contributed by atoms with Crippen LogP contribution in [0.3, 0.4) is 0 Å². The summed E-state index contributed by atoms with van der Waals surface area (Å²) < 4.78 is 5.36. The quantitative estimate of drug-likeness (QED) is 0.161. The fourth-order valence-corrected chi connectivity index (χ4v) is 12.6. The Kier molecular flexibility index (Phi) is 10.2. The molecule has 3 nitrogen and oxygen atoms in total. The molecule has 0 radical (unpaired) electrons. The van der Waals surface area contributed by atoms with Gasteiger partial charge in [0.05, 0.1) is 0 Å². The van der Waals surface area contributed by atoms with E-state index in [0.29, 0.717) is 0 Å². The van der Waals surface area contributed by atoms with Gasteiger partial charge in [0.15, 0.2) is 0 Å². The minimum absolute atomic E-state index is 0.00592. The smallest absolute Gasteiger partial charge is 0.328 e. The average molecular weight is 839 g/mol. The highest BCUT2D eigenvalue weighted by molar-refractivity contribution is 6.91. The summed E-state index contributed by atoms with van der Waals surface area (Å²) in [5.41, 5.74) is 35.8. The predicted octanol–water partition coefficient (Wildman–Crippen LogP) is -15.3. The summed E-state index contributed by atoms with van der Waals surface area (Å²) in [5, 5.41) is 5.53. The third-order valence-corrected chi connectivity index (χ3v) is 17.3. The fourth-order valence-electron chi connectivity index (χ4n) is 12.6. The van der Waals surface area contributed by atoms with Crippen LogP contribution in [0.1, 0.15) is 0 Å². The second-order valence-corrected chi connectivity index (χ2v) is 20.1. The van der Waals surface area contributed by atoms with Crippen LogP contribution in [0.15, 0.2) is 103 Å². The van der Waals surface area contributed by atoms with Crippen LogP contribution >= 0.6 is 0 Å². The van der Waals surface area contributed by atoms with Crippen molar-refractivity contribution in [3.63, 3.8) is 0 Å². The van der Waals surface area contributed by atoms with Gasteiger partial charge < -0.3 is 13.9 Å². The van der Waals surface area contributed by atoms with Crippen molar-refractivity contribution < 1.29 is 0 Å². The summed E-state index contributed by atoms with van der Waals surface area (Å²) in [6.07, 6.45) is 0. The Morgan fingerprint density at radius 1 is 0.313 bits per heavy atom. The maximum absolute atomic E-state index is 2.72. The molecular formula is C48H47B16N3. The lowest BCUT2D eigenvalue weighted by Crippen LogP contribution is -2.57. The van der Waals surface area contributed by atoms with Gasteiger partial charge >= 0.3 is 6.85 Å². The van der Waals surface area contributed by atoms with Crippen molar-refractivity contribution in [3.8, 4) is 22.5 Å². The molecule has 0 fully saturated rings. The molecule has 0 unspecified atom stereocenters. The average Bonchev–Trinajstić information content (AvgIpc) is 3.90. The standard InChI is InChI=1S/C48H47B16N3/c49-29-25-26-30(50)34(54)38(58)41(61)47(26)66(46(25)40(60)37(57)33(29)53)48-32(52)28-27-31(51)35(55)36(56)39(59)44(27)65(45(28)42(62)43(48)63)19-11-8-12-20(17-19)67-24-16-7-5-14-22(24)21-13-4-6-15-23(21)64(67)18-9-2-1-3-10-18/h1-17H,49-63H2. The highest BCUT2D eigenvalue weighted by Crippen LogP contribution is 2.40. The Hall–Kier alpha value is -5.80. The summed E-state index contributed by atoms with van der Waals surface area (Å²) in [4.78, 5) is 2.59. The lowest BCUT2D eigenvalue weighted by atomic mass is 9.46. The molecule has 0 atom stereocenters. The second-order valence-electron chi connectivity index (χ2n) is 20.1. The van der Waals surface area contributed by atoms with Crippen LogP contribution in [-0.4, -0.2) is 134 Å². The maximum Gasteiger partial charge on any atom is 0.328 e. The van der Waals surface area contributed by atoms with Gasteiger partial charge in [0.1, 0.15) is 118 Å². The molecule has 0 aliphatic carbocycles. The van der Waals surface area contributed by atoms with Crippen molar-refractivity contribution in [2.45, 2.75) is 0 Å². The fraction of sp³-hybridized carbons (Fsp3) is 0. The molecule has 10 aromatic rings. The van der Waals surface area contributed by atoms with Crippen LogP contribution in [0, 0.1) is 0 Å². The van der Waals surface area contributed by atoms with Crippen LogP contribution in [0.25, 0.3) is 66.1 Å². The number of para-hydroxylation sites is 1. The Bertz CT molecular complexity index is 3770. The van der Waals surface area contributed by atoms with Gasteiger partial charge in [-0.2, -0.15) is 0 Å². The maximum atomic E-state index is 2.72. The van der Waals surface area contributed by atoms with E-state index in [1.807, 2.05) is 0 Å². The highest BCUT2D eigenvalue weighted by atomic mass is 15.1. The van der Waals surface area contributed by atoms with E-state index in [2.05, 4.69) is 235 Å². The third kappa shape index (κ3) is 5.88. The van der Waals surface area contributed by atoms with E-state index in [0.717, 1.165) is 0 Å². The van der Waals surface area contributed by atoms with E-state index in [-0.39, 0.29) is 6.85 Å². The molecule has 67 heavy (non-hydrogen) atoms. The first-order chi connectivity index (χ1) is 32.1. The molecule has 0 N–H and O–H groups in total. The van der Waals surface area contributed by atoms with Gasteiger partial charge in [0, 0.05) is 55.8 Å². The van der Waals surface area contributed by atoms with Crippen LogP contribution in [0.5, 0.6) is 0 Å². The van der Waals surface area contributed by atoms with Crippen LogP contribution < -0.4 is 97.7 Å². The third-order valence-electron chi connectivity index (χ3n) is 17.3. The Morgan fingerprint density at radius 2 is 0.731 bits per heavy atom. The zero-order valence-corrected chi connectivity index (χ0v) is 42.2. The molecule has 0 amide bonds. The first kappa shape index (κ1) is 43.7. The van der Waals surface area contributed by atoms with Gasteiger partial charge in [-0.3, -0.25) is 0 Å². The number of fused-ring (bicyclic) bond motifs is 9. The Labute approximate surface area is 409 Å². The minimum Gasteiger partial charge on any atom is -0.376 e. The van der Waals surface area contributed by atoms with E-state index in [1.54, 1.807) is 0 Å². The molecule has 0 saturated carbocycles. The minimum atomic E-state index is -0.00592. The molecule has 302 valence electrons. The molecule has 2 aromatic heterocycles. The van der Waals surface area contributed by atoms with Crippen molar-refractivity contribution in [1.82, 2.24) is 9.13 Å². The Balaban J connectivity index is 1.27. The van der Waals surface area contributed by atoms with E-state index in [1.165, 1.54) is 170 Å². The van der Waals surface area contributed by atoms with Crippen molar-refractivity contribution in [1.29, 1.82) is 0 Å². The van der Waals surface area contributed by atoms with Crippen LogP contribution in [0.4, 0.5) is 11.4 Å². The molecule has 19 heteroatoms. The molecule has 0 saturated heterocycles. The number of nitrogens with zero attached hydrogens (tertiary/aromatic N) is 3. The van der Waals surface area contributed by atoms with Gasteiger partial charge in [-0.05, 0) is 51.5 Å². The molecule has 3 heterocycles. The van der Waals surface area contributed by atoms with Crippen LogP contribution in [-0.2, 0) is 0 Å². The van der Waals surface area contributed by atoms with E-state index >= 15 is 0 Å². The van der Waals surface area contributed by atoms with Crippen LogP contribution in [0.2, 0.25) is 0 Å². The number of rotatable bonds is 4. The van der Waals surface area contributed by atoms with Crippen molar-refractivity contribution in [3.05, 3.63) is 103 Å². The monoisotopic (exact) mass is 842 g/mol. The van der Waals surface area contributed by atoms with Gasteiger partial charge in [-0.1, -0.05) is 150 Å². The Morgan fingerprint density at radius 3 is 1.28 bits per heavy atom. The molecule has 1 aliphatic rings.